The summed E-state index contributed by atoms with van der Waals surface area (Å²) in [6.07, 6.45) is 3.71. The van der Waals surface area contributed by atoms with Crippen LogP contribution >= 0.6 is 11.8 Å². The number of hydrogen-bond donors (Lipinski definition) is 2. The van der Waals surface area contributed by atoms with E-state index in [1.165, 1.54) is 12.8 Å². The first kappa shape index (κ1) is 18.7. The highest BCUT2D eigenvalue weighted by Gasteiger charge is 2.68. The van der Waals surface area contributed by atoms with Crippen LogP contribution in [0.15, 0.2) is 28.6 Å². The van der Waals surface area contributed by atoms with Crippen molar-refractivity contribution in [1.29, 1.82) is 0 Å². The fourth-order valence-electron chi connectivity index (χ4n) is 5.03. The normalized spacial score (nSPS) is 30.8. The minimum absolute atomic E-state index is 0.374. The summed E-state index contributed by atoms with van der Waals surface area (Å²) in [6.45, 7) is 1.50. The summed E-state index contributed by atoms with van der Waals surface area (Å²) in [5.74, 6) is 7.45. The van der Waals surface area contributed by atoms with Crippen molar-refractivity contribution in [2.45, 2.75) is 31.2 Å². The summed E-state index contributed by atoms with van der Waals surface area (Å²) in [6, 6.07) is 4.48. The number of nitrogens with zero attached hydrogens (tertiary/aromatic N) is 2. The van der Waals surface area contributed by atoms with Crippen LogP contribution in [0.2, 0.25) is 0 Å². The van der Waals surface area contributed by atoms with Gasteiger partial charge in [-0.2, -0.15) is 11.8 Å². The van der Waals surface area contributed by atoms with Crippen LogP contribution in [0.4, 0.5) is 0 Å². The van der Waals surface area contributed by atoms with E-state index in [0.717, 1.165) is 53.5 Å². The Balaban J connectivity index is 1.18. The molecule has 7 nitrogen and oxygen atoms in total. The second-order valence-corrected chi connectivity index (χ2v) is 9.33. The van der Waals surface area contributed by atoms with E-state index < -0.39 is 0 Å². The second-order valence-electron chi connectivity index (χ2n) is 8.22. The lowest BCUT2D eigenvalue weighted by Gasteiger charge is -2.20. The first-order valence-electron chi connectivity index (χ1n) is 9.67. The smallest absolute Gasteiger partial charge is 0.274 e. The molecule has 1 aromatic heterocycles. The monoisotopic (exact) mass is 392 g/mol. The average Bonchev–Trinajstić information content (AvgIpc) is 3.07. The third-order valence-electron chi connectivity index (χ3n) is 6.02. The van der Waals surface area contributed by atoms with E-state index in [9.17, 15) is 10.1 Å². The van der Waals surface area contributed by atoms with Crippen molar-refractivity contribution in [3.63, 3.8) is 0 Å². The molecule has 1 heterocycles. The molecule has 0 spiro atoms. The predicted molar refractivity (Wildman–Crippen MR) is 105 cm³/mol. The maximum Gasteiger partial charge on any atom is 0.274 e. The Morgan fingerprint density at radius 2 is 2.11 bits per heavy atom. The molecule has 8 heteroatoms. The molecule has 0 aliphatic heterocycles. The van der Waals surface area contributed by atoms with Gasteiger partial charge in [-0.15, -0.1) is 0 Å². The van der Waals surface area contributed by atoms with Crippen LogP contribution in [-0.4, -0.2) is 42.3 Å². The number of nitro groups is 1. The van der Waals surface area contributed by atoms with Gasteiger partial charge in [0.15, 0.2) is 5.82 Å². The lowest BCUT2D eigenvalue weighted by molar-refractivity contribution is -0.404. The molecule has 0 aromatic carbocycles. The summed E-state index contributed by atoms with van der Waals surface area (Å²) in [5.41, 5.74) is 0. The van der Waals surface area contributed by atoms with Gasteiger partial charge in [0.25, 0.3) is 6.20 Å². The highest BCUT2D eigenvalue weighted by molar-refractivity contribution is 7.98. The van der Waals surface area contributed by atoms with Crippen LogP contribution in [0, 0.1) is 33.8 Å². The Labute approximate surface area is 164 Å². The Bertz CT molecular complexity index is 706. The molecular weight excluding hydrogens is 364 g/mol. The quantitative estimate of drug-likeness (QED) is 0.340. The maximum absolute atomic E-state index is 10.9. The zero-order valence-corrected chi connectivity index (χ0v) is 16.7. The van der Waals surface area contributed by atoms with Crippen molar-refractivity contribution < 1.29 is 9.34 Å². The van der Waals surface area contributed by atoms with Crippen molar-refractivity contribution >= 4 is 11.8 Å². The molecule has 27 heavy (non-hydrogen) atoms. The van der Waals surface area contributed by atoms with Gasteiger partial charge in [0, 0.05) is 18.3 Å². The average molecular weight is 393 g/mol. The highest BCUT2D eigenvalue weighted by Crippen LogP contribution is 2.70. The van der Waals surface area contributed by atoms with Crippen LogP contribution in [0.1, 0.15) is 24.4 Å². The molecule has 3 unspecified atom stereocenters. The van der Waals surface area contributed by atoms with Crippen molar-refractivity contribution in [2.24, 2.45) is 23.7 Å². The van der Waals surface area contributed by atoms with Crippen molar-refractivity contribution in [3.05, 3.63) is 45.8 Å². The van der Waals surface area contributed by atoms with Crippen molar-refractivity contribution in [1.82, 2.24) is 15.5 Å². The molecule has 3 atom stereocenters. The first-order valence-corrected chi connectivity index (χ1v) is 10.8. The lowest BCUT2D eigenvalue weighted by atomic mass is 10.1. The largest absolute Gasteiger partial charge is 0.464 e. The van der Waals surface area contributed by atoms with E-state index in [1.54, 1.807) is 11.8 Å². The number of hydrogen-bond acceptors (Lipinski definition) is 7. The minimum atomic E-state index is -0.374. The first-order chi connectivity index (χ1) is 13.0. The fraction of sp³-hybridized carbons (Fsp3) is 0.684. The Morgan fingerprint density at radius 3 is 2.74 bits per heavy atom. The van der Waals surface area contributed by atoms with Crippen LogP contribution in [-0.2, 0) is 12.3 Å². The van der Waals surface area contributed by atoms with E-state index in [0.29, 0.717) is 24.3 Å². The standard InChI is InChI=1S/C19H28N4O3S/c1-22(2)9-13-3-4-14(26-13)11-27-6-5-20-17(10-23(24)25)21-19-12-7-15-16(8-12)18(15)19/h3-4,10,12,15-16,18-21H,5-9,11H2,1-2H3/b17-10-. The Hall–Kier alpha value is -1.67. The molecule has 4 saturated carbocycles. The van der Waals surface area contributed by atoms with Gasteiger partial charge >= 0.3 is 0 Å². The number of rotatable bonds is 11. The van der Waals surface area contributed by atoms with Gasteiger partial charge in [0.05, 0.1) is 17.2 Å². The third kappa shape index (κ3) is 4.27. The maximum atomic E-state index is 10.9. The molecule has 4 fully saturated rings. The van der Waals surface area contributed by atoms with E-state index >= 15 is 0 Å². The zero-order valence-electron chi connectivity index (χ0n) is 15.9. The summed E-state index contributed by atoms with van der Waals surface area (Å²) < 4.78 is 5.80. The lowest BCUT2D eigenvalue weighted by Crippen LogP contribution is -2.38. The molecule has 148 valence electrons. The molecule has 4 bridgehead atoms. The third-order valence-corrected chi connectivity index (χ3v) is 7.00. The summed E-state index contributed by atoms with van der Waals surface area (Å²) in [5, 5.41) is 17.6. The van der Waals surface area contributed by atoms with Gasteiger partial charge in [-0.25, -0.2) is 0 Å². The van der Waals surface area contributed by atoms with E-state index in [2.05, 4.69) is 15.5 Å². The molecule has 0 saturated heterocycles. The second kappa shape index (κ2) is 7.75. The summed E-state index contributed by atoms with van der Waals surface area (Å²) >= 11 is 1.77. The van der Waals surface area contributed by atoms with Crippen molar-refractivity contribution in [2.75, 3.05) is 26.4 Å². The number of nitrogens with one attached hydrogen (secondary N) is 2. The van der Waals surface area contributed by atoms with Crippen molar-refractivity contribution in [3.8, 4) is 0 Å². The topological polar surface area (TPSA) is 83.6 Å². The van der Waals surface area contributed by atoms with E-state index in [1.807, 2.05) is 26.2 Å². The molecule has 1 aromatic rings. The van der Waals surface area contributed by atoms with Gasteiger partial charge in [0.1, 0.15) is 11.5 Å². The van der Waals surface area contributed by atoms with Gasteiger partial charge in [-0.1, -0.05) is 0 Å². The SMILES string of the molecule is CN(C)Cc1ccc(CSCCN/C(=C/[N+](=O)[O-])NC2C3CC4C(C3)C42)o1. The predicted octanol–water partition coefficient (Wildman–Crippen LogP) is 2.48. The van der Waals surface area contributed by atoms with Gasteiger partial charge < -0.3 is 20.0 Å². The van der Waals surface area contributed by atoms with Crippen LogP contribution in [0.5, 0.6) is 0 Å². The highest BCUT2D eigenvalue weighted by atomic mass is 32.2. The van der Waals surface area contributed by atoms with Crippen LogP contribution in [0.3, 0.4) is 0 Å². The molecule has 4 aliphatic carbocycles. The molecule has 0 amide bonds. The van der Waals surface area contributed by atoms with Gasteiger partial charge in [-0.3, -0.25) is 10.1 Å². The molecule has 4 aliphatic rings. The minimum Gasteiger partial charge on any atom is -0.464 e. The zero-order chi connectivity index (χ0) is 19.0. The molecular formula is C19H28N4O3S. The van der Waals surface area contributed by atoms with Crippen LogP contribution in [0.25, 0.3) is 0 Å². The molecule has 2 N–H and O–H groups in total. The fourth-order valence-corrected chi connectivity index (χ4v) is 5.78. The Morgan fingerprint density at radius 1 is 1.37 bits per heavy atom. The van der Waals surface area contributed by atoms with Crippen LogP contribution < -0.4 is 10.6 Å². The molecule has 5 rings (SSSR count). The number of thioether (sulfide) groups is 1. The summed E-state index contributed by atoms with van der Waals surface area (Å²) in [7, 11) is 4.04. The van der Waals surface area contributed by atoms with Gasteiger partial charge in [-0.05, 0) is 62.7 Å². The number of furan rings is 1. The van der Waals surface area contributed by atoms with E-state index in [-0.39, 0.29) is 4.92 Å². The Kier molecular flexibility index (Phi) is 5.36. The van der Waals surface area contributed by atoms with E-state index in [4.69, 9.17) is 4.42 Å². The van der Waals surface area contributed by atoms with Gasteiger partial charge in [0.2, 0.25) is 0 Å². The summed E-state index contributed by atoms with van der Waals surface area (Å²) in [4.78, 5) is 12.7. The molecule has 0 radical (unpaired) electrons.